The maximum atomic E-state index is 12.5. The average molecular weight is 530 g/mol. The predicted molar refractivity (Wildman–Crippen MR) is 140 cm³/mol. The maximum Gasteiger partial charge on any atom is 0.312 e. The van der Waals surface area contributed by atoms with Gasteiger partial charge in [-0.25, -0.2) is 0 Å². The number of benzene rings is 3. The van der Waals surface area contributed by atoms with Crippen LogP contribution in [0.15, 0.2) is 78.9 Å². The number of hydrogen-bond acceptors (Lipinski definition) is 9. The minimum Gasteiger partial charge on any atom is -0.493 e. The van der Waals surface area contributed by atoms with E-state index < -0.39 is 28.6 Å². The van der Waals surface area contributed by atoms with E-state index in [-0.39, 0.29) is 18.2 Å². The molecule has 3 unspecified atom stereocenters. The Morgan fingerprint density at radius 3 is 2.58 bits per heavy atom. The van der Waals surface area contributed by atoms with Gasteiger partial charge in [-0.3, -0.25) is 19.7 Å². The molecule has 1 fully saturated rings. The molecule has 0 spiro atoms. The molecule has 3 heterocycles. The first-order valence-corrected chi connectivity index (χ1v) is 12.9. The summed E-state index contributed by atoms with van der Waals surface area (Å²) in [7, 11) is 1.48. The van der Waals surface area contributed by atoms with Crippen molar-refractivity contribution in [3.05, 3.63) is 95.6 Å². The van der Waals surface area contributed by atoms with Crippen LogP contribution in [-0.2, 0) is 9.59 Å². The van der Waals surface area contributed by atoms with Crippen LogP contribution in [0.5, 0.6) is 17.2 Å². The zero-order valence-electron chi connectivity index (χ0n) is 20.2. The molecule has 6 rings (SSSR count). The molecule has 0 bridgehead atoms. The van der Waals surface area contributed by atoms with Gasteiger partial charge in [-0.2, -0.15) is 5.01 Å². The van der Waals surface area contributed by atoms with Gasteiger partial charge in [-0.1, -0.05) is 60.3 Å². The Kier molecular flexibility index (Phi) is 6.26. The minimum atomic E-state index is -0.805. The molecule has 3 aliphatic rings. The predicted octanol–water partition coefficient (Wildman–Crippen LogP) is 4.34. The first kappa shape index (κ1) is 24.1. The molecule has 38 heavy (non-hydrogen) atoms. The molecule has 3 aromatic rings. The third-order valence-electron chi connectivity index (χ3n) is 6.50. The van der Waals surface area contributed by atoms with Crippen LogP contribution in [0.1, 0.15) is 35.4 Å². The van der Waals surface area contributed by atoms with Gasteiger partial charge in [0.05, 0.1) is 25.3 Å². The van der Waals surface area contributed by atoms with Crippen LogP contribution in [0.3, 0.4) is 0 Å². The first-order chi connectivity index (χ1) is 18.5. The summed E-state index contributed by atoms with van der Waals surface area (Å²) in [6, 6.07) is 23.2. The lowest BCUT2D eigenvalue weighted by atomic mass is 10.0. The van der Waals surface area contributed by atoms with Crippen LogP contribution < -0.4 is 25.0 Å². The number of hydrazine groups is 1. The Balaban J connectivity index is 1.26. The van der Waals surface area contributed by atoms with E-state index in [1.807, 2.05) is 47.5 Å². The quantitative estimate of drug-likeness (QED) is 0.356. The number of fused-ring (bicyclic) bond motifs is 3. The Morgan fingerprint density at radius 1 is 1.03 bits per heavy atom. The summed E-state index contributed by atoms with van der Waals surface area (Å²) in [5.74, 6) is 0.193. The van der Waals surface area contributed by atoms with E-state index in [1.54, 1.807) is 12.1 Å². The number of esters is 1. The fraction of sp³-hybridized carbons (Fsp3) is 0.179. The summed E-state index contributed by atoms with van der Waals surface area (Å²) < 4.78 is 17.5. The average Bonchev–Trinajstić information content (AvgIpc) is 3.52. The lowest BCUT2D eigenvalue weighted by molar-refractivity contribution is -0.136. The number of thioether (sulfide) groups is 1. The van der Waals surface area contributed by atoms with Gasteiger partial charge >= 0.3 is 5.97 Å². The van der Waals surface area contributed by atoms with Crippen LogP contribution in [0.25, 0.3) is 5.70 Å². The molecule has 3 atom stereocenters. The van der Waals surface area contributed by atoms with E-state index in [2.05, 4.69) is 35.0 Å². The highest BCUT2D eigenvalue weighted by molar-refractivity contribution is 8.15. The zero-order valence-corrected chi connectivity index (χ0v) is 21.1. The van der Waals surface area contributed by atoms with Crippen molar-refractivity contribution in [3.63, 3.8) is 0 Å². The summed E-state index contributed by atoms with van der Waals surface area (Å²) in [4.78, 5) is 35.7. The molecule has 0 aromatic heterocycles. The summed E-state index contributed by atoms with van der Waals surface area (Å²) in [5.41, 5.74) is 7.38. The fourth-order valence-electron chi connectivity index (χ4n) is 4.71. The molecular formula is C28H23N3O6S. The van der Waals surface area contributed by atoms with Gasteiger partial charge in [-0.15, -0.1) is 0 Å². The second-order valence-corrected chi connectivity index (χ2v) is 10.1. The van der Waals surface area contributed by atoms with E-state index in [4.69, 9.17) is 14.2 Å². The van der Waals surface area contributed by atoms with Gasteiger partial charge in [0.1, 0.15) is 11.0 Å². The van der Waals surface area contributed by atoms with Crippen molar-refractivity contribution >= 4 is 34.6 Å². The first-order valence-electron chi connectivity index (χ1n) is 12.0. The molecular weight excluding hydrogens is 506 g/mol. The molecule has 0 saturated carbocycles. The summed E-state index contributed by atoms with van der Waals surface area (Å²) in [5, 5.41) is 2.93. The van der Waals surface area contributed by atoms with Crippen molar-refractivity contribution < 1.29 is 28.6 Å². The van der Waals surface area contributed by atoms with Crippen molar-refractivity contribution in [3.8, 4) is 17.2 Å². The second kappa shape index (κ2) is 9.88. The number of amides is 2. The van der Waals surface area contributed by atoms with E-state index in [0.717, 1.165) is 39.9 Å². The molecule has 1 saturated heterocycles. The zero-order chi connectivity index (χ0) is 26.2. The van der Waals surface area contributed by atoms with Gasteiger partial charge in [0, 0.05) is 11.1 Å². The van der Waals surface area contributed by atoms with E-state index in [0.29, 0.717) is 5.75 Å². The number of para-hydroxylation sites is 1. The Bertz CT molecular complexity index is 1460. The molecule has 9 nitrogen and oxygen atoms in total. The smallest absolute Gasteiger partial charge is 0.312 e. The van der Waals surface area contributed by atoms with Crippen molar-refractivity contribution in [2.45, 2.75) is 23.9 Å². The largest absolute Gasteiger partial charge is 0.493 e. The third kappa shape index (κ3) is 4.48. The second-order valence-electron chi connectivity index (χ2n) is 8.89. The third-order valence-corrected chi connectivity index (χ3v) is 7.48. The lowest BCUT2D eigenvalue weighted by Gasteiger charge is -2.39. The number of rotatable bonds is 6. The van der Waals surface area contributed by atoms with Crippen molar-refractivity contribution in [1.29, 1.82) is 0 Å². The summed E-state index contributed by atoms with van der Waals surface area (Å²) >= 11 is 0.780. The van der Waals surface area contributed by atoms with Crippen molar-refractivity contribution in [2.24, 2.45) is 0 Å². The number of imide groups is 1. The topological polar surface area (TPSA) is 106 Å². The van der Waals surface area contributed by atoms with Crippen LogP contribution >= 0.6 is 11.8 Å². The molecule has 10 heteroatoms. The van der Waals surface area contributed by atoms with Gasteiger partial charge < -0.3 is 19.6 Å². The van der Waals surface area contributed by atoms with Gasteiger partial charge in [0.25, 0.3) is 5.24 Å². The fourth-order valence-corrected chi connectivity index (χ4v) is 5.51. The number of carbonyl (C=O) groups is 3. The van der Waals surface area contributed by atoms with Crippen LogP contribution in [0.4, 0.5) is 4.79 Å². The van der Waals surface area contributed by atoms with Crippen molar-refractivity contribution in [2.75, 3.05) is 7.11 Å². The Labute approximate surface area is 222 Å². The van der Waals surface area contributed by atoms with Crippen LogP contribution in [-0.4, -0.2) is 34.5 Å². The number of carbonyl (C=O) groups excluding carboxylic acids is 3. The number of ether oxygens (including phenoxy) is 3. The number of hydrogen-bond donors (Lipinski definition) is 2. The van der Waals surface area contributed by atoms with Crippen LogP contribution in [0.2, 0.25) is 0 Å². The number of methoxy groups -OCH3 is 1. The Morgan fingerprint density at radius 2 is 1.82 bits per heavy atom. The van der Waals surface area contributed by atoms with E-state index in [1.165, 1.54) is 7.11 Å². The maximum absolute atomic E-state index is 12.5. The van der Waals surface area contributed by atoms with Gasteiger partial charge in [-0.05, 0) is 35.9 Å². The van der Waals surface area contributed by atoms with Gasteiger partial charge in [0.2, 0.25) is 5.91 Å². The molecule has 0 aliphatic carbocycles. The summed E-state index contributed by atoms with van der Waals surface area (Å²) in [6.07, 6.45) is 1.44. The molecule has 2 N–H and O–H groups in total. The number of nitrogens with one attached hydrogen (secondary N) is 2. The highest BCUT2D eigenvalue weighted by Gasteiger charge is 2.40. The van der Waals surface area contributed by atoms with Gasteiger partial charge in [0.15, 0.2) is 17.7 Å². The van der Waals surface area contributed by atoms with E-state index in [9.17, 15) is 14.4 Å². The highest BCUT2D eigenvalue weighted by Crippen LogP contribution is 2.46. The Hall–Kier alpha value is -4.28. The molecule has 2 amide bonds. The standard InChI is InChI=1S/C28H23N3O6S/c1-35-23-13-17(11-12-22(23)36-25(32)15-24-26(33)29-28(34)38-24)27-31-20(18-9-5-6-10-21(18)37-27)14-19(30-31)16-7-3-2-4-8-16/h2-14,20,24,27,30H,15H2,1H3,(H,29,33,34). The minimum absolute atomic E-state index is 0.0681. The highest BCUT2D eigenvalue weighted by atomic mass is 32.2. The van der Waals surface area contributed by atoms with Crippen molar-refractivity contribution in [1.82, 2.24) is 15.8 Å². The molecule has 3 aromatic carbocycles. The normalized spacial score (nSPS) is 21.9. The van der Waals surface area contributed by atoms with E-state index >= 15 is 0 Å². The molecule has 3 aliphatic heterocycles. The molecule has 0 radical (unpaired) electrons. The number of nitrogens with zero attached hydrogens (tertiary/aromatic N) is 1. The summed E-state index contributed by atoms with van der Waals surface area (Å²) in [6.45, 7) is 0. The SMILES string of the molecule is COc1cc(C2Oc3ccccc3C3C=C(c4ccccc4)NN32)ccc1OC(=O)CC1SC(=O)NC1=O. The monoisotopic (exact) mass is 529 g/mol. The molecule has 192 valence electrons. The van der Waals surface area contributed by atoms with Crippen LogP contribution in [0, 0.1) is 0 Å². The lowest BCUT2D eigenvalue weighted by Crippen LogP contribution is -2.43.